The van der Waals surface area contributed by atoms with Crippen molar-refractivity contribution < 1.29 is 14.3 Å². The number of hydrogen-bond donors (Lipinski definition) is 2. The van der Waals surface area contributed by atoms with Crippen molar-refractivity contribution in [2.45, 2.75) is 38.7 Å². The fraction of sp³-hybridized carbons (Fsp3) is 0.350. The van der Waals surface area contributed by atoms with Gasteiger partial charge in [-0.3, -0.25) is 0 Å². The van der Waals surface area contributed by atoms with Gasteiger partial charge in [0.2, 0.25) is 0 Å². The minimum Gasteiger partial charge on any atom is -0.348 e. The highest BCUT2D eigenvalue weighted by molar-refractivity contribution is 9.10. The predicted octanol–water partition coefficient (Wildman–Crippen LogP) is 4.77. The molecular formula is C20H23BrN2O3. The number of benzene rings is 2. The topological polar surface area (TPSA) is 59.6 Å². The number of carbonyl (C=O) groups excluding carboxylic acids is 1. The first-order chi connectivity index (χ1) is 12.3. The van der Waals surface area contributed by atoms with Gasteiger partial charge >= 0.3 is 6.03 Å². The Hall–Kier alpha value is -1.89. The van der Waals surface area contributed by atoms with Crippen LogP contribution in [0, 0.1) is 6.92 Å². The molecule has 2 N–H and O–H groups in total. The molecule has 1 aliphatic heterocycles. The number of anilines is 1. The van der Waals surface area contributed by atoms with E-state index < -0.39 is 5.79 Å². The van der Waals surface area contributed by atoms with E-state index in [2.05, 4.69) is 26.6 Å². The molecule has 138 valence electrons. The molecule has 6 heteroatoms. The van der Waals surface area contributed by atoms with E-state index in [1.54, 1.807) is 0 Å². The third-order valence-corrected chi connectivity index (χ3v) is 5.14. The minimum absolute atomic E-state index is 0.280. The van der Waals surface area contributed by atoms with Crippen molar-refractivity contribution in [3.8, 4) is 0 Å². The molecule has 26 heavy (non-hydrogen) atoms. The SMILES string of the molecule is Cc1cc(NC(=O)NC2COC(C)(C)OC2c2ccccc2)ccc1Br. The molecule has 1 saturated heterocycles. The lowest BCUT2D eigenvalue weighted by molar-refractivity contribution is -0.284. The van der Waals surface area contributed by atoms with Crippen molar-refractivity contribution in [3.63, 3.8) is 0 Å². The second kappa shape index (κ2) is 7.78. The molecule has 5 nitrogen and oxygen atoms in total. The Morgan fingerprint density at radius 3 is 2.62 bits per heavy atom. The average molecular weight is 419 g/mol. The van der Waals surface area contributed by atoms with Gasteiger partial charge < -0.3 is 20.1 Å². The van der Waals surface area contributed by atoms with Crippen molar-refractivity contribution in [2.75, 3.05) is 11.9 Å². The Labute approximate surface area is 162 Å². The summed E-state index contributed by atoms with van der Waals surface area (Å²) in [6.45, 7) is 6.11. The number of amides is 2. The average Bonchev–Trinajstić information content (AvgIpc) is 2.60. The summed E-state index contributed by atoms with van der Waals surface area (Å²) in [5.74, 6) is -0.696. The van der Waals surface area contributed by atoms with E-state index in [9.17, 15) is 4.79 Å². The van der Waals surface area contributed by atoms with Gasteiger partial charge in [-0.25, -0.2) is 4.79 Å². The van der Waals surface area contributed by atoms with Gasteiger partial charge in [0.1, 0.15) is 6.10 Å². The fourth-order valence-electron chi connectivity index (χ4n) is 2.92. The monoisotopic (exact) mass is 418 g/mol. The van der Waals surface area contributed by atoms with E-state index in [1.807, 2.05) is 69.3 Å². The fourth-order valence-corrected chi connectivity index (χ4v) is 3.16. The summed E-state index contributed by atoms with van der Waals surface area (Å²) in [5.41, 5.74) is 2.79. The van der Waals surface area contributed by atoms with E-state index in [-0.39, 0.29) is 18.2 Å². The van der Waals surface area contributed by atoms with Crippen LogP contribution in [0.1, 0.15) is 31.1 Å². The van der Waals surface area contributed by atoms with Crippen LogP contribution >= 0.6 is 15.9 Å². The molecule has 1 heterocycles. The summed E-state index contributed by atoms with van der Waals surface area (Å²) in [6.07, 6.45) is -0.280. The summed E-state index contributed by atoms with van der Waals surface area (Å²) in [4.78, 5) is 12.5. The predicted molar refractivity (Wildman–Crippen MR) is 105 cm³/mol. The van der Waals surface area contributed by atoms with Crippen LogP contribution in [0.3, 0.4) is 0 Å². The highest BCUT2D eigenvalue weighted by atomic mass is 79.9. The van der Waals surface area contributed by atoms with E-state index in [1.165, 1.54) is 0 Å². The zero-order chi connectivity index (χ0) is 18.7. The van der Waals surface area contributed by atoms with Gasteiger partial charge in [0.15, 0.2) is 5.79 Å². The number of halogens is 1. The van der Waals surface area contributed by atoms with Gasteiger partial charge in [-0.1, -0.05) is 46.3 Å². The van der Waals surface area contributed by atoms with Gasteiger partial charge in [-0.05, 0) is 50.1 Å². The van der Waals surface area contributed by atoms with Gasteiger partial charge in [-0.2, -0.15) is 0 Å². The molecular weight excluding hydrogens is 396 g/mol. The molecule has 0 radical (unpaired) electrons. The summed E-state index contributed by atoms with van der Waals surface area (Å²) in [6, 6.07) is 15.0. The molecule has 0 aliphatic carbocycles. The van der Waals surface area contributed by atoms with Crippen LogP contribution < -0.4 is 10.6 Å². The zero-order valence-electron chi connectivity index (χ0n) is 15.1. The number of carbonyl (C=O) groups is 1. The summed E-state index contributed by atoms with van der Waals surface area (Å²) >= 11 is 3.46. The van der Waals surface area contributed by atoms with E-state index >= 15 is 0 Å². The van der Waals surface area contributed by atoms with E-state index in [0.717, 1.165) is 21.3 Å². The molecule has 0 saturated carbocycles. The Bertz CT molecular complexity index is 780. The highest BCUT2D eigenvalue weighted by Crippen LogP contribution is 2.33. The quantitative estimate of drug-likeness (QED) is 0.754. The number of hydrogen-bond acceptors (Lipinski definition) is 3. The van der Waals surface area contributed by atoms with Crippen LogP contribution in [0.25, 0.3) is 0 Å². The molecule has 0 aromatic heterocycles. The Morgan fingerprint density at radius 2 is 1.92 bits per heavy atom. The Morgan fingerprint density at radius 1 is 1.19 bits per heavy atom. The molecule has 1 aliphatic rings. The maximum absolute atomic E-state index is 12.5. The lowest BCUT2D eigenvalue weighted by Crippen LogP contribution is -2.52. The molecule has 2 amide bonds. The number of ether oxygens (including phenoxy) is 2. The second-order valence-corrected chi connectivity index (χ2v) is 7.68. The smallest absolute Gasteiger partial charge is 0.319 e. The standard InChI is InChI=1S/C20H23BrN2O3/c1-13-11-15(9-10-16(13)21)22-19(24)23-17-12-25-20(2,3)26-18(17)14-7-5-4-6-8-14/h4-11,17-18H,12H2,1-3H3,(H2,22,23,24). The summed E-state index contributed by atoms with van der Waals surface area (Å²) in [5, 5.41) is 5.84. The van der Waals surface area contributed by atoms with Gasteiger partial charge in [0.05, 0.1) is 12.6 Å². The first-order valence-electron chi connectivity index (χ1n) is 8.54. The number of urea groups is 1. The van der Waals surface area contributed by atoms with Gasteiger partial charge in [-0.15, -0.1) is 0 Å². The normalized spacial score (nSPS) is 21.8. The Balaban J connectivity index is 1.71. The van der Waals surface area contributed by atoms with E-state index in [4.69, 9.17) is 9.47 Å². The summed E-state index contributed by atoms with van der Waals surface area (Å²) < 4.78 is 12.8. The molecule has 2 aromatic carbocycles. The molecule has 1 fully saturated rings. The van der Waals surface area contributed by atoms with Gasteiger partial charge in [0, 0.05) is 10.2 Å². The van der Waals surface area contributed by atoms with Crippen LogP contribution in [0.2, 0.25) is 0 Å². The summed E-state index contributed by atoms with van der Waals surface area (Å²) in [7, 11) is 0. The third-order valence-electron chi connectivity index (χ3n) is 4.25. The number of rotatable bonds is 3. The van der Waals surface area contributed by atoms with Crippen molar-refractivity contribution in [3.05, 3.63) is 64.1 Å². The minimum atomic E-state index is -0.696. The third kappa shape index (κ3) is 4.63. The van der Waals surface area contributed by atoms with Crippen LogP contribution in [0.15, 0.2) is 53.0 Å². The maximum Gasteiger partial charge on any atom is 0.319 e. The lowest BCUT2D eigenvalue weighted by atomic mass is 10.0. The zero-order valence-corrected chi connectivity index (χ0v) is 16.7. The molecule has 2 atom stereocenters. The number of aryl methyl sites for hydroxylation is 1. The van der Waals surface area contributed by atoms with Crippen molar-refractivity contribution in [2.24, 2.45) is 0 Å². The molecule has 3 rings (SSSR count). The highest BCUT2D eigenvalue weighted by Gasteiger charge is 2.38. The molecule has 0 spiro atoms. The van der Waals surface area contributed by atoms with E-state index in [0.29, 0.717) is 6.61 Å². The number of nitrogens with one attached hydrogen (secondary N) is 2. The molecule has 0 bridgehead atoms. The first-order valence-corrected chi connectivity index (χ1v) is 9.34. The van der Waals surface area contributed by atoms with Gasteiger partial charge in [0.25, 0.3) is 0 Å². The van der Waals surface area contributed by atoms with Crippen molar-refractivity contribution in [1.29, 1.82) is 0 Å². The van der Waals surface area contributed by atoms with Crippen molar-refractivity contribution >= 4 is 27.6 Å². The first kappa shape index (κ1) is 18.9. The maximum atomic E-state index is 12.5. The largest absolute Gasteiger partial charge is 0.348 e. The van der Waals surface area contributed by atoms with Crippen LogP contribution in [-0.4, -0.2) is 24.5 Å². The molecule has 2 unspecified atom stereocenters. The Kier molecular flexibility index (Phi) is 5.65. The van der Waals surface area contributed by atoms with Crippen LogP contribution in [0.5, 0.6) is 0 Å². The molecule has 2 aromatic rings. The van der Waals surface area contributed by atoms with Crippen molar-refractivity contribution in [1.82, 2.24) is 5.32 Å². The lowest BCUT2D eigenvalue weighted by Gasteiger charge is -2.41. The second-order valence-electron chi connectivity index (χ2n) is 6.83. The van der Waals surface area contributed by atoms with Crippen LogP contribution in [0.4, 0.5) is 10.5 Å². The van der Waals surface area contributed by atoms with Crippen LogP contribution in [-0.2, 0) is 9.47 Å².